The number of pyridine rings is 1. The van der Waals surface area contributed by atoms with Crippen molar-refractivity contribution in [2.75, 3.05) is 0 Å². The third-order valence-corrected chi connectivity index (χ3v) is 4.34. The maximum Gasteiger partial charge on any atom is 0.317 e. The largest absolute Gasteiger partial charge is 0.480 e. The lowest BCUT2D eigenvalue weighted by molar-refractivity contribution is -0.137. The fraction of sp³-hybridized carbons (Fsp3) is 0.400. The number of aromatic nitrogens is 1. The number of hydrogen-bond donors (Lipinski definition) is 1. The van der Waals surface area contributed by atoms with Crippen molar-refractivity contribution < 1.29 is 9.90 Å². The van der Waals surface area contributed by atoms with Crippen molar-refractivity contribution in [3.8, 4) is 0 Å². The Balaban J connectivity index is 2.84. The lowest BCUT2D eigenvalue weighted by Crippen LogP contribution is -2.22. The SMILES string of the molecule is CC(C)C(Sc1ccncc1Br)C(=O)O. The average Bonchev–Trinajstić information content (AvgIpc) is 2.15. The van der Waals surface area contributed by atoms with Gasteiger partial charge in [0, 0.05) is 21.8 Å². The molecule has 1 N–H and O–H groups in total. The van der Waals surface area contributed by atoms with Crippen LogP contribution in [0.15, 0.2) is 27.8 Å². The lowest BCUT2D eigenvalue weighted by atomic mass is 10.1. The van der Waals surface area contributed by atoms with Crippen LogP contribution in [0.25, 0.3) is 0 Å². The second-order valence-corrected chi connectivity index (χ2v) is 5.46. The first-order valence-electron chi connectivity index (χ1n) is 4.51. The van der Waals surface area contributed by atoms with Gasteiger partial charge in [0.1, 0.15) is 5.25 Å². The van der Waals surface area contributed by atoms with Crippen molar-refractivity contribution in [2.24, 2.45) is 5.92 Å². The smallest absolute Gasteiger partial charge is 0.317 e. The number of carboxylic acid groups (broad SMARTS) is 1. The Hall–Kier alpha value is -0.550. The van der Waals surface area contributed by atoms with Crippen molar-refractivity contribution in [2.45, 2.75) is 24.0 Å². The number of carboxylic acids is 1. The van der Waals surface area contributed by atoms with E-state index in [1.54, 1.807) is 12.4 Å². The van der Waals surface area contributed by atoms with Gasteiger partial charge in [0.2, 0.25) is 0 Å². The van der Waals surface area contributed by atoms with Gasteiger partial charge in [-0.1, -0.05) is 13.8 Å². The standard InChI is InChI=1S/C10H12BrNO2S/c1-6(2)9(10(13)14)15-8-3-4-12-5-7(8)11/h3-6,9H,1-2H3,(H,13,14). The van der Waals surface area contributed by atoms with Crippen LogP contribution < -0.4 is 0 Å². The molecule has 0 saturated carbocycles. The monoisotopic (exact) mass is 289 g/mol. The Kier molecular flexibility index (Phi) is 4.60. The number of carbonyl (C=O) groups is 1. The summed E-state index contributed by atoms with van der Waals surface area (Å²) in [6, 6.07) is 1.81. The molecule has 1 unspecified atom stereocenters. The van der Waals surface area contributed by atoms with Crippen LogP contribution in [0, 0.1) is 5.92 Å². The van der Waals surface area contributed by atoms with E-state index in [-0.39, 0.29) is 5.92 Å². The summed E-state index contributed by atoms with van der Waals surface area (Å²) in [6.45, 7) is 3.81. The molecule has 0 amide bonds. The molecule has 1 aromatic heterocycles. The van der Waals surface area contributed by atoms with Crippen LogP contribution >= 0.6 is 27.7 Å². The molecule has 82 valence electrons. The summed E-state index contributed by atoms with van der Waals surface area (Å²) in [5, 5.41) is 8.62. The van der Waals surface area contributed by atoms with Crippen molar-refractivity contribution in [3.05, 3.63) is 22.9 Å². The Morgan fingerprint density at radius 1 is 1.60 bits per heavy atom. The summed E-state index contributed by atoms with van der Waals surface area (Å²) >= 11 is 4.69. The van der Waals surface area contributed by atoms with Crippen LogP contribution in [-0.2, 0) is 4.79 Å². The van der Waals surface area contributed by atoms with Gasteiger partial charge in [-0.3, -0.25) is 9.78 Å². The summed E-state index contributed by atoms with van der Waals surface area (Å²) < 4.78 is 0.835. The van der Waals surface area contributed by atoms with Crippen LogP contribution in [-0.4, -0.2) is 21.3 Å². The molecule has 0 aliphatic carbocycles. The topological polar surface area (TPSA) is 50.2 Å². The lowest BCUT2D eigenvalue weighted by Gasteiger charge is -2.15. The Morgan fingerprint density at radius 3 is 2.73 bits per heavy atom. The molecule has 0 aliphatic heterocycles. The number of hydrogen-bond acceptors (Lipinski definition) is 3. The number of nitrogens with zero attached hydrogens (tertiary/aromatic N) is 1. The first-order chi connectivity index (χ1) is 7.02. The fourth-order valence-corrected chi connectivity index (χ4v) is 2.55. The number of thioether (sulfide) groups is 1. The van der Waals surface area contributed by atoms with Crippen molar-refractivity contribution in [1.82, 2.24) is 4.98 Å². The van der Waals surface area contributed by atoms with E-state index in [4.69, 9.17) is 5.11 Å². The zero-order chi connectivity index (χ0) is 11.4. The van der Waals surface area contributed by atoms with Crippen LogP contribution in [0.1, 0.15) is 13.8 Å². The molecule has 0 spiro atoms. The van der Waals surface area contributed by atoms with Crippen molar-refractivity contribution in [1.29, 1.82) is 0 Å². The first kappa shape index (κ1) is 12.5. The molecule has 0 radical (unpaired) electrons. The van der Waals surface area contributed by atoms with E-state index in [0.717, 1.165) is 9.37 Å². The van der Waals surface area contributed by atoms with Gasteiger partial charge in [-0.2, -0.15) is 0 Å². The molecular weight excluding hydrogens is 278 g/mol. The molecule has 5 heteroatoms. The molecule has 15 heavy (non-hydrogen) atoms. The van der Waals surface area contributed by atoms with Crippen LogP contribution in [0.4, 0.5) is 0 Å². The molecule has 1 rings (SSSR count). The van der Waals surface area contributed by atoms with Gasteiger partial charge >= 0.3 is 5.97 Å². The number of halogens is 1. The van der Waals surface area contributed by atoms with E-state index in [1.807, 2.05) is 19.9 Å². The molecule has 0 aromatic carbocycles. The molecule has 1 atom stereocenters. The van der Waals surface area contributed by atoms with E-state index in [9.17, 15) is 4.79 Å². The van der Waals surface area contributed by atoms with Gasteiger partial charge in [0.25, 0.3) is 0 Å². The van der Waals surface area contributed by atoms with Gasteiger partial charge < -0.3 is 5.11 Å². The highest BCUT2D eigenvalue weighted by Crippen LogP contribution is 2.32. The van der Waals surface area contributed by atoms with Gasteiger partial charge in [0.05, 0.1) is 0 Å². The van der Waals surface area contributed by atoms with E-state index in [2.05, 4.69) is 20.9 Å². The van der Waals surface area contributed by atoms with Crippen LogP contribution in [0.3, 0.4) is 0 Å². The van der Waals surface area contributed by atoms with Gasteiger partial charge in [0.15, 0.2) is 0 Å². The molecule has 0 bridgehead atoms. The molecule has 1 heterocycles. The number of rotatable bonds is 4. The Morgan fingerprint density at radius 2 is 2.27 bits per heavy atom. The number of aliphatic carboxylic acids is 1. The molecule has 3 nitrogen and oxygen atoms in total. The van der Waals surface area contributed by atoms with E-state index in [0.29, 0.717) is 0 Å². The third kappa shape index (κ3) is 3.50. The van der Waals surface area contributed by atoms with Gasteiger partial charge in [-0.05, 0) is 27.9 Å². The maximum absolute atomic E-state index is 11.0. The molecule has 0 fully saturated rings. The van der Waals surface area contributed by atoms with E-state index >= 15 is 0 Å². The quantitative estimate of drug-likeness (QED) is 0.866. The summed E-state index contributed by atoms with van der Waals surface area (Å²) in [5.41, 5.74) is 0. The molecule has 1 aromatic rings. The Bertz CT molecular complexity index is 357. The molecule has 0 saturated heterocycles. The van der Waals surface area contributed by atoms with Crippen molar-refractivity contribution >= 4 is 33.7 Å². The highest BCUT2D eigenvalue weighted by Gasteiger charge is 2.23. The highest BCUT2D eigenvalue weighted by atomic mass is 79.9. The van der Waals surface area contributed by atoms with Gasteiger partial charge in [-0.25, -0.2) is 0 Å². The predicted octanol–water partition coefficient (Wildman–Crippen LogP) is 3.05. The third-order valence-electron chi connectivity index (χ3n) is 1.84. The summed E-state index contributed by atoms with van der Waals surface area (Å²) in [5.74, 6) is -0.689. The second-order valence-electron chi connectivity index (χ2n) is 3.43. The summed E-state index contributed by atoms with van der Waals surface area (Å²) in [6.07, 6.45) is 3.33. The minimum atomic E-state index is -0.779. The van der Waals surface area contributed by atoms with Gasteiger partial charge in [-0.15, -0.1) is 11.8 Å². The minimum Gasteiger partial charge on any atom is -0.480 e. The van der Waals surface area contributed by atoms with E-state index < -0.39 is 11.2 Å². The predicted molar refractivity (Wildman–Crippen MR) is 64.1 cm³/mol. The molecule has 0 aliphatic rings. The summed E-state index contributed by atoms with van der Waals surface area (Å²) in [4.78, 5) is 15.8. The Labute approximate surface area is 101 Å². The van der Waals surface area contributed by atoms with Crippen molar-refractivity contribution in [3.63, 3.8) is 0 Å². The maximum atomic E-state index is 11.0. The van der Waals surface area contributed by atoms with Crippen LogP contribution in [0.2, 0.25) is 0 Å². The average molecular weight is 290 g/mol. The normalized spacial score (nSPS) is 12.8. The second kappa shape index (κ2) is 5.51. The minimum absolute atomic E-state index is 0.0903. The molecular formula is C10H12BrNO2S. The fourth-order valence-electron chi connectivity index (χ4n) is 1.07. The highest BCUT2D eigenvalue weighted by molar-refractivity contribution is 9.10. The zero-order valence-electron chi connectivity index (χ0n) is 8.48. The summed E-state index contributed by atoms with van der Waals surface area (Å²) in [7, 11) is 0. The first-order valence-corrected chi connectivity index (χ1v) is 6.18. The van der Waals surface area contributed by atoms with E-state index in [1.165, 1.54) is 11.8 Å². The zero-order valence-corrected chi connectivity index (χ0v) is 10.9. The van der Waals surface area contributed by atoms with Crippen LogP contribution in [0.5, 0.6) is 0 Å².